The lowest BCUT2D eigenvalue weighted by atomic mass is 9.96. The molecule has 0 radical (unpaired) electrons. The molecule has 29 N–H and O–H groups in total. The Bertz CT molecular complexity index is 4260. The summed E-state index contributed by atoms with van der Waals surface area (Å²) >= 11 is 0. The van der Waals surface area contributed by atoms with Crippen molar-refractivity contribution < 1.29 is 137 Å². The number of aliphatic hydroxyl groups excluding tert-OH is 5. The van der Waals surface area contributed by atoms with Crippen molar-refractivity contribution in [3.05, 3.63) is 89.5 Å². The molecule has 1 fully saturated rings. The number of phenolic OH excluding ortho intramolecular Hbond substituents is 3. The van der Waals surface area contributed by atoms with E-state index in [1.807, 2.05) is 0 Å². The number of unbranched alkanes of at least 4 members (excludes halogenated alkanes) is 1. The van der Waals surface area contributed by atoms with E-state index in [0.717, 1.165) is 4.90 Å². The minimum atomic E-state index is -2.03. The highest BCUT2D eigenvalue weighted by atomic mass is 16.4. The van der Waals surface area contributed by atoms with Crippen LogP contribution < -0.4 is 91.2 Å². The number of nitrogens with one attached hydrogen (secondary N) is 15. The van der Waals surface area contributed by atoms with E-state index in [2.05, 4.69) is 79.8 Å². The van der Waals surface area contributed by atoms with E-state index in [1.165, 1.54) is 93.6 Å². The zero-order valence-corrected chi connectivity index (χ0v) is 71.4. The molecule has 0 aliphatic carbocycles. The van der Waals surface area contributed by atoms with Gasteiger partial charge >= 0.3 is 11.9 Å². The molecule has 0 saturated carbocycles. The summed E-state index contributed by atoms with van der Waals surface area (Å²) in [6, 6.07) is -7.06. The van der Waals surface area contributed by atoms with Crippen LogP contribution in [-0.4, -0.2) is 312 Å². The van der Waals surface area contributed by atoms with Gasteiger partial charge in [0.2, 0.25) is 94.5 Å². The molecule has 1 aliphatic heterocycles. The lowest BCUT2D eigenvalue weighted by molar-refractivity contribution is -0.144. The number of nitrogens with zero attached hydrogens (tertiary/aromatic N) is 1. The van der Waals surface area contributed by atoms with Gasteiger partial charge in [-0.1, -0.05) is 90.8 Å². The quantitative estimate of drug-likeness (QED) is 0.0233. The summed E-state index contributed by atoms with van der Waals surface area (Å²) < 4.78 is 0. The number of likely N-dealkylation sites (tertiary alicyclic amines) is 1. The zero-order valence-electron chi connectivity index (χ0n) is 71.4. The van der Waals surface area contributed by atoms with Crippen LogP contribution in [0.2, 0.25) is 0 Å². The van der Waals surface area contributed by atoms with E-state index in [-0.39, 0.29) is 62.4 Å². The van der Waals surface area contributed by atoms with Crippen LogP contribution >= 0.6 is 0 Å². The van der Waals surface area contributed by atoms with E-state index in [4.69, 9.17) is 16.6 Å². The standard InChI is InChI=1S/C81H120N18O28/c1-8-41(5)66(97-72(118)52(30-45-17-23-48(106)24-18-45)89-73(119)56(37-101)87-61(109)34-84-60(108)33-85-69(115)55(36-100)93-74(120)57(38-102)95-80(126)67(42(6)9-2)98-77(123)64(83)43(7)104)79(125)91-51(29-44-15-21-47(105)22-16-44)70(116)92-54(31-46-19-25-49(107)26-20-46)81(127)99-28-12-14-59(99)76(122)90-53(32-62(110)111)71(117)94-58(39-103)75(121)96-65(40(3)4)78(124)88-50(13-10-11-27-82)68(114)86-35-63(112)113/h15-26,40-43,50-59,64-67,100-107H,8-14,27-39,82-83H2,1-7H3,(H,84,108)(H,85,115)(H,86,114)(H,87,109)(H,88,124)(H,89,119)(H,90,122)(H,91,125)(H,92,116)(H,93,120)(H,94,117)(H,95,126)(H,96,121)(H,97,118)(H,98,123)(H,110,111)(H,112,113)/t41-,42-,43+,50-,51-,52-,53-,54-,55-,56-,57-,58-,59-,64-,65-,66-,67-/m0/s1. The van der Waals surface area contributed by atoms with Crippen LogP contribution in [0.15, 0.2) is 72.8 Å². The summed E-state index contributed by atoms with van der Waals surface area (Å²) in [5, 5.41) is 136. The molecule has 46 nitrogen and oxygen atoms in total. The van der Waals surface area contributed by atoms with Crippen molar-refractivity contribution in [2.24, 2.45) is 29.2 Å². The molecule has 0 bridgehead atoms. The van der Waals surface area contributed by atoms with Gasteiger partial charge in [0.15, 0.2) is 0 Å². The highest BCUT2D eigenvalue weighted by Gasteiger charge is 2.43. The van der Waals surface area contributed by atoms with Gasteiger partial charge in [-0.05, 0) is 116 Å². The molecule has 0 unspecified atom stereocenters. The Kier molecular flexibility index (Phi) is 44.9. The second-order valence-corrected chi connectivity index (χ2v) is 30.9. The van der Waals surface area contributed by atoms with Gasteiger partial charge in [0, 0.05) is 25.8 Å². The van der Waals surface area contributed by atoms with E-state index < -0.39 is 280 Å². The Balaban J connectivity index is 1.56. The minimum Gasteiger partial charge on any atom is -0.508 e. The number of amides is 16. The minimum absolute atomic E-state index is 0.0102. The average Bonchev–Trinajstić information content (AvgIpc) is 1.69. The number of benzene rings is 3. The number of phenols is 3. The largest absolute Gasteiger partial charge is 0.508 e. The van der Waals surface area contributed by atoms with Gasteiger partial charge in [0.05, 0.1) is 52.0 Å². The van der Waals surface area contributed by atoms with Gasteiger partial charge in [-0.3, -0.25) is 86.3 Å². The molecule has 46 heteroatoms. The summed E-state index contributed by atoms with van der Waals surface area (Å²) in [5.74, 6) is -22.9. The van der Waals surface area contributed by atoms with Gasteiger partial charge in [-0.15, -0.1) is 0 Å². The number of aliphatic hydroxyl groups is 5. The van der Waals surface area contributed by atoms with Crippen LogP contribution in [0.5, 0.6) is 17.2 Å². The maximum Gasteiger partial charge on any atom is 0.322 e. The van der Waals surface area contributed by atoms with Gasteiger partial charge in [0.25, 0.3) is 0 Å². The number of aromatic hydroxyl groups is 3. The lowest BCUT2D eigenvalue weighted by Gasteiger charge is -2.31. The fourth-order valence-electron chi connectivity index (χ4n) is 12.8. The van der Waals surface area contributed by atoms with Crippen molar-refractivity contribution in [3.8, 4) is 17.2 Å². The van der Waals surface area contributed by atoms with Crippen LogP contribution in [-0.2, 0) is 106 Å². The fraction of sp³-hybridized carbons (Fsp3) is 0.556. The highest BCUT2D eigenvalue weighted by molar-refractivity contribution is 6.01. The predicted octanol–water partition coefficient (Wildman–Crippen LogP) is -8.90. The van der Waals surface area contributed by atoms with E-state index in [0.29, 0.717) is 36.0 Å². The van der Waals surface area contributed by atoms with Gasteiger partial charge in [-0.2, -0.15) is 0 Å². The maximum atomic E-state index is 15.2. The van der Waals surface area contributed by atoms with Crippen molar-refractivity contribution in [1.82, 2.24) is 84.7 Å². The summed E-state index contributed by atoms with van der Waals surface area (Å²) in [4.78, 5) is 246. The van der Waals surface area contributed by atoms with Crippen LogP contribution in [0.25, 0.3) is 0 Å². The highest BCUT2D eigenvalue weighted by Crippen LogP contribution is 2.23. The van der Waals surface area contributed by atoms with Crippen LogP contribution in [0.4, 0.5) is 0 Å². The van der Waals surface area contributed by atoms with Crippen molar-refractivity contribution in [2.45, 2.75) is 210 Å². The molecule has 1 saturated heterocycles. The molecule has 4 rings (SSSR count). The SMILES string of the molecule is CC[C@H](C)[C@H](NC(=O)[C@H](Cc1ccc(O)cc1)NC(=O)[C@H](CO)NC(=O)CNC(=O)CNC(=O)[C@H](CO)NC(=O)[C@H](CO)NC(=O)[C@@H](NC(=O)[C@@H](N)[C@@H](C)O)[C@@H](C)CC)C(=O)N[C@@H](Cc1ccc(O)cc1)C(=O)N[C@@H](Cc1ccc(O)cc1)C(=O)N1CCC[C@H]1C(=O)N[C@@H](CC(=O)O)C(=O)N[C@@H](CO)C(=O)N[C@H](C(=O)N[C@@H](CCCCN)C(=O)NCC(=O)O)C(C)C. The summed E-state index contributed by atoms with van der Waals surface area (Å²) in [5.41, 5.74) is 12.2. The molecule has 702 valence electrons. The Morgan fingerprint density at radius 2 is 0.764 bits per heavy atom. The summed E-state index contributed by atoms with van der Waals surface area (Å²) in [7, 11) is 0. The van der Waals surface area contributed by atoms with Gasteiger partial charge in [0.1, 0.15) is 108 Å². The molecule has 127 heavy (non-hydrogen) atoms. The number of nitrogens with two attached hydrogens (primary N) is 2. The first kappa shape index (κ1) is 107. The Labute approximate surface area is 730 Å². The molecule has 3 aromatic carbocycles. The molecular weight excluding hydrogens is 1670 g/mol. The third kappa shape index (κ3) is 35.3. The van der Waals surface area contributed by atoms with Crippen molar-refractivity contribution >= 4 is 106 Å². The van der Waals surface area contributed by atoms with E-state index in [1.54, 1.807) is 27.7 Å². The molecule has 16 amide bonds. The first-order valence-electron chi connectivity index (χ1n) is 41.1. The van der Waals surface area contributed by atoms with E-state index in [9.17, 15) is 118 Å². The number of rotatable bonds is 54. The zero-order chi connectivity index (χ0) is 95.1. The first-order valence-corrected chi connectivity index (χ1v) is 41.1. The average molecular weight is 1790 g/mol. The Hall–Kier alpha value is -12.8. The van der Waals surface area contributed by atoms with Crippen molar-refractivity contribution in [2.75, 3.05) is 59.2 Å². The number of carbonyl (C=O) groups is 18. The third-order valence-electron chi connectivity index (χ3n) is 20.7. The number of carboxylic acid groups (broad SMARTS) is 2. The van der Waals surface area contributed by atoms with Crippen molar-refractivity contribution in [3.63, 3.8) is 0 Å². The molecule has 1 heterocycles. The van der Waals surface area contributed by atoms with Crippen LogP contribution in [0, 0.1) is 17.8 Å². The number of aliphatic carboxylic acids is 2. The Morgan fingerprint density at radius 1 is 0.402 bits per heavy atom. The number of carboxylic acids is 2. The number of hydrogen-bond acceptors (Lipinski definition) is 28. The molecular formula is C81H120N18O28. The second kappa shape index (κ2) is 53.5. The predicted molar refractivity (Wildman–Crippen MR) is 447 cm³/mol. The van der Waals surface area contributed by atoms with E-state index >= 15 is 14.4 Å². The second-order valence-electron chi connectivity index (χ2n) is 30.9. The molecule has 1 aliphatic rings. The van der Waals surface area contributed by atoms with Crippen LogP contribution in [0.1, 0.15) is 117 Å². The van der Waals surface area contributed by atoms with Gasteiger partial charge in [-0.25, -0.2) is 0 Å². The first-order chi connectivity index (χ1) is 60.0. The molecule has 3 aromatic rings. The molecule has 0 aromatic heterocycles. The summed E-state index contributed by atoms with van der Waals surface area (Å²) in [6.07, 6.45) is -2.40. The smallest absolute Gasteiger partial charge is 0.322 e. The van der Waals surface area contributed by atoms with Crippen molar-refractivity contribution in [1.29, 1.82) is 0 Å². The maximum absolute atomic E-state index is 15.2. The Morgan fingerprint density at radius 3 is 1.21 bits per heavy atom. The number of hydrogen-bond donors (Lipinski definition) is 27. The van der Waals surface area contributed by atoms with Crippen LogP contribution in [0.3, 0.4) is 0 Å². The lowest BCUT2D eigenvalue weighted by Crippen LogP contribution is -2.62. The molecule has 0 spiro atoms. The molecule has 17 atom stereocenters. The monoisotopic (exact) mass is 1790 g/mol. The van der Waals surface area contributed by atoms with Gasteiger partial charge < -0.3 is 147 Å². The third-order valence-corrected chi connectivity index (χ3v) is 20.7. The topological polar surface area (TPSA) is 745 Å². The fourth-order valence-corrected chi connectivity index (χ4v) is 12.8. The summed E-state index contributed by atoms with van der Waals surface area (Å²) in [6.45, 7) is 3.72. The number of carbonyl (C=O) groups excluding carboxylic acids is 16. The normalized spacial score (nSPS) is 16.1.